The van der Waals surface area contributed by atoms with Crippen molar-refractivity contribution in [3.63, 3.8) is 0 Å². The zero-order chi connectivity index (χ0) is 12.8. The van der Waals surface area contributed by atoms with Crippen LogP contribution in [0.15, 0.2) is 18.2 Å². The second-order valence-corrected chi connectivity index (χ2v) is 4.61. The van der Waals surface area contributed by atoms with Crippen LogP contribution >= 0.6 is 0 Å². The van der Waals surface area contributed by atoms with Crippen molar-refractivity contribution < 1.29 is 9.13 Å². The molecular weight excluding hydrogens is 217 g/mol. The Balaban J connectivity index is 2.62. The third-order valence-corrected chi connectivity index (χ3v) is 2.85. The Morgan fingerprint density at radius 2 is 2.06 bits per heavy atom. The topological polar surface area (TPSA) is 21.3 Å². The summed E-state index contributed by atoms with van der Waals surface area (Å²) in [5.74, 6) is 0.544. The molecule has 0 spiro atoms. The first-order chi connectivity index (χ1) is 8.06. The Bertz CT molecular complexity index is 352. The van der Waals surface area contributed by atoms with Crippen LogP contribution in [0.1, 0.15) is 26.3 Å². The SMILES string of the molecule is CCNC(COc1cccc(C)c1F)C(C)C. The Labute approximate surface area is 103 Å². The minimum atomic E-state index is -0.258. The van der Waals surface area contributed by atoms with Crippen LogP contribution in [0.5, 0.6) is 5.75 Å². The number of nitrogens with one attached hydrogen (secondary N) is 1. The molecule has 0 saturated carbocycles. The Morgan fingerprint density at radius 3 is 2.65 bits per heavy atom. The van der Waals surface area contributed by atoms with Gasteiger partial charge in [0.05, 0.1) is 0 Å². The molecule has 0 heterocycles. The first-order valence-corrected chi connectivity index (χ1v) is 6.17. The maximum absolute atomic E-state index is 13.7. The average Bonchev–Trinajstić information content (AvgIpc) is 2.29. The third-order valence-electron chi connectivity index (χ3n) is 2.85. The molecule has 1 aromatic carbocycles. The summed E-state index contributed by atoms with van der Waals surface area (Å²) in [4.78, 5) is 0. The second kappa shape index (κ2) is 6.60. The first kappa shape index (κ1) is 14.0. The summed E-state index contributed by atoms with van der Waals surface area (Å²) in [7, 11) is 0. The highest BCUT2D eigenvalue weighted by Gasteiger charge is 2.14. The van der Waals surface area contributed by atoms with Gasteiger partial charge in [0.25, 0.3) is 0 Å². The van der Waals surface area contributed by atoms with Crippen molar-refractivity contribution in [1.82, 2.24) is 5.32 Å². The number of halogens is 1. The molecule has 1 N–H and O–H groups in total. The molecule has 1 atom stereocenters. The van der Waals surface area contributed by atoms with Crippen molar-refractivity contribution in [2.75, 3.05) is 13.2 Å². The highest BCUT2D eigenvalue weighted by atomic mass is 19.1. The zero-order valence-corrected chi connectivity index (χ0v) is 11.1. The lowest BCUT2D eigenvalue weighted by Gasteiger charge is -2.22. The number of hydrogen-bond acceptors (Lipinski definition) is 2. The highest BCUT2D eigenvalue weighted by Crippen LogP contribution is 2.20. The van der Waals surface area contributed by atoms with Crippen molar-refractivity contribution in [3.05, 3.63) is 29.6 Å². The summed E-state index contributed by atoms with van der Waals surface area (Å²) in [6, 6.07) is 5.48. The van der Waals surface area contributed by atoms with E-state index in [1.54, 1.807) is 19.1 Å². The minimum Gasteiger partial charge on any atom is -0.489 e. The molecule has 3 heteroatoms. The molecule has 1 unspecified atom stereocenters. The first-order valence-electron chi connectivity index (χ1n) is 6.17. The molecule has 0 aromatic heterocycles. The van der Waals surface area contributed by atoms with Crippen LogP contribution in [-0.2, 0) is 0 Å². The van der Waals surface area contributed by atoms with Gasteiger partial charge in [-0.15, -0.1) is 0 Å². The van der Waals surface area contributed by atoms with E-state index in [4.69, 9.17) is 4.74 Å². The van der Waals surface area contributed by atoms with Crippen LogP contribution in [0, 0.1) is 18.7 Å². The van der Waals surface area contributed by atoms with Crippen molar-refractivity contribution >= 4 is 0 Å². The summed E-state index contributed by atoms with van der Waals surface area (Å²) in [6.45, 7) is 9.44. The van der Waals surface area contributed by atoms with E-state index in [1.807, 2.05) is 6.07 Å². The van der Waals surface area contributed by atoms with Gasteiger partial charge in [-0.1, -0.05) is 32.9 Å². The van der Waals surface area contributed by atoms with Gasteiger partial charge in [0.2, 0.25) is 0 Å². The maximum Gasteiger partial charge on any atom is 0.167 e. The van der Waals surface area contributed by atoms with Crippen molar-refractivity contribution in [2.24, 2.45) is 5.92 Å². The third kappa shape index (κ3) is 4.00. The van der Waals surface area contributed by atoms with Crippen LogP contribution in [0.3, 0.4) is 0 Å². The number of ether oxygens (including phenoxy) is 1. The fourth-order valence-electron chi connectivity index (χ4n) is 1.66. The van der Waals surface area contributed by atoms with Crippen molar-refractivity contribution in [3.8, 4) is 5.75 Å². The molecule has 0 bridgehead atoms. The van der Waals surface area contributed by atoms with E-state index in [-0.39, 0.29) is 11.9 Å². The lowest BCUT2D eigenvalue weighted by Crippen LogP contribution is -2.38. The number of likely N-dealkylation sites (N-methyl/N-ethyl adjacent to an activating group) is 1. The number of rotatable bonds is 6. The molecule has 0 amide bonds. The van der Waals surface area contributed by atoms with Crippen molar-refractivity contribution in [1.29, 1.82) is 0 Å². The molecule has 0 aliphatic heterocycles. The summed E-state index contributed by atoms with van der Waals surface area (Å²) in [6.07, 6.45) is 0. The van der Waals surface area contributed by atoms with Gasteiger partial charge in [-0.25, -0.2) is 4.39 Å². The maximum atomic E-state index is 13.7. The number of aryl methyl sites for hydroxylation is 1. The fourth-order valence-corrected chi connectivity index (χ4v) is 1.66. The van der Waals surface area contributed by atoms with Gasteiger partial charge in [-0.05, 0) is 31.0 Å². The quantitative estimate of drug-likeness (QED) is 0.823. The fraction of sp³-hybridized carbons (Fsp3) is 0.571. The smallest absolute Gasteiger partial charge is 0.167 e. The monoisotopic (exact) mass is 239 g/mol. The van der Waals surface area contributed by atoms with Gasteiger partial charge in [-0.2, -0.15) is 0 Å². The van der Waals surface area contributed by atoms with E-state index in [2.05, 4.69) is 26.1 Å². The van der Waals surface area contributed by atoms with E-state index < -0.39 is 0 Å². The molecule has 0 fully saturated rings. The zero-order valence-electron chi connectivity index (χ0n) is 11.1. The standard InChI is InChI=1S/C14H22FNO/c1-5-16-12(10(2)3)9-17-13-8-6-7-11(4)14(13)15/h6-8,10,12,16H,5,9H2,1-4H3. The van der Waals surface area contributed by atoms with Gasteiger partial charge in [0, 0.05) is 6.04 Å². The molecule has 0 aliphatic rings. The Kier molecular flexibility index (Phi) is 5.42. The van der Waals surface area contributed by atoms with E-state index in [0.29, 0.717) is 23.8 Å². The molecule has 0 radical (unpaired) electrons. The van der Waals surface area contributed by atoms with Gasteiger partial charge < -0.3 is 10.1 Å². The summed E-state index contributed by atoms with van der Waals surface area (Å²) >= 11 is 0. The van der Waals surface area contributed by atoms with Crippen LogP contribution in [0.4, 0.5) is 4.39 Å². The van der Waals surface area contributed by atoms with Crippen LogP contribution in [0.25, 0.3) is 0 Å². The van der Waals surface area contributed by atoms with Crippen LogP contribution < -0.4 is 10.1 Å². The van der Waals surface area contributed by atoms with Crippen LogP contribution in [0.2, 0.25) is 0 Å². The molecule has 96 valence electrons. The summed E-state index contributed by atoms with van der Waals surface area (Å²) < 4.78 is 19.2. The molecular formula is C14H22FNO. The average molecular weight is 239 g/mol. The van der Waals surface area contributed by atoms with Crippen LogP contribution in [-0.4, -0.2) is 19.2 Å². The highest BCUT2D eigenvalue weighted by molar-refractivity contribution is 5.30. The van der Waals surface area contributed by atoms with Gasteiger partial charge in [0.1, 0.15) is 6.61 Å². The predicted molar refractivity (Wildman–Crippen MR) is 68.9 cm³/mol. The number of hydrogen-bond donors (Lipinski definition) is 1. The van der Waals surface area contributed by atoms with E-state index in [1.165, 1.54) is 0 Å². The lowest BCUT2D eigenvalue weighted by molar-refractivity contribution is 0.224. The lowest BCUT2D eigenvalue weighted by atomic mass is 10.1. The Morgan fingerprint density at radius 1 is 1.35 bits per heavy atom. The van der Waals surface area contributed by atoms with Gasteiger partial charge in [0.15, 0.2) is 11.6 Å². The largest absolute Gasteiger partial charge is 0.489 e. The predicted octanol–water partition coefficient (Wildman–Crippen LogP) is 3.15. The molecule has 0 aliphatic carbocycles. The molecule has 1 aromatic rings. The minimum absolute atomic E-state index is 0.250. The van der Waals surface area contributed by atoms with E-state index in [0.717, 1.165) is 6.54 Å². The van der Waals surface area contributed by atoms with Gasteiger partial charge in [-0.3, -0.25) is 0 Å². The molecule has 1 rings (SSSR count). The Hall–Kier alpha value is -1.09. The normalized spacial score (nSPS) is 12.8. The molecule has 0 saturated heterocycles. The summed E-state index contributed by atoms with van der Waals surface area (Å²) in [5, 5.41) is 3.34. The van der Waals surface area contributed by atoms with E-state index >= 15 is 0 Å². The van der Waals surface area contributed by atoms with E-state index in [9.17, 15) is 4.39 Å². The van der Waals surface area contributed by atoms with Gasteiger partial charge >= 0.3 is 0 Å². The molecule has 17 heavy (non-hydrogen) atoms. The molecule has 2 nitrogen and oxygen atoms in total. The van der Waals surface area contributed by atoms with Crippen molar-refractivity contribution in [2.45, 2.75) is 33.7 Å². The summed E-state index contributed by atoms with van der Waals surface area (Å²) in [5.41, 5.74) is 0.618. The second-order valence-electron chi connectivity index (χ2n) is 4.61. The number of benzene rings is 1.